The van der Waals surface area contributed by atoms with Crippen molar-refractivity contribution in [1.82, 2.24) is 4.90 Å². The lowest BCUT2D eigenvalue weighted by atomic mass is 9.89. The smallest absolute Gasteiger partial charge is 0.263 e. The Morgan fingerprint density at radius 3 is 2.86 bits per heavy atom. The minimum atomic E-state index is -0.470. The average molecular weight is 289 g/mol. The molecule has 0 spiro atoms. The summed E-state index contributed by atoms with van der Waals surface area (Å²) < 4.78 is 5.80. The van der Waals surface area contributed by atoms with Gasteiger partial charge in [-0.05, 0) is 62.3 Å². The Balaban J connectivity index is 1.69. The molecule has 0 bridgehead atoms. The van der Waals surface area contributed by atoms with Crippen LogP contribution in [0, 0.1) is 0 Å². The molecule has 1 N–H and O–H groups in total. The first kappa shape index (κ1) is 14.4. The zero-order valence-electron chi connectivity index (χ0n) is 12.5. The first-order valence-corrected chi connectivity index (χ1v) is 7.91. The number of fused-ring (bicyclic) bond motifs is 1. The Hall–Kier alpha value is -1.55. The number of aliphatic hydroxyl groups is 1. The van der Waals surface area contributed by atoms with Crippen molar-refractivity contribution in [1.29, 1.82) is 0 Å². The monoisotopic (exact) mass is 289 g/mol. The molecule has 0 radical (unpaired) electrons. The molecule has 4 nitrogen and oxygen atoms in total. The van der Waals surface area contributed by atoms with Gasteiger partial charge in [-0.2, -0.15) is 0 Å². The standard InChI is InChI=1S/C17H23NO3/c1-12(17(20)18-9-2-3-10-18)21-14-8-7-13-5-4-6-16(19)15(13)11-14/h7-8,11-12,16,19H,2-6,9-10H2,1H3. The van der Waals surface area contributed by atoms with Crippen molar-refractivity contribution in [3.8, 4) is 5.75 Å². The van der Waals surface area contributed by atoms with Gasteiger partial charge in [-0.25, -0.2) is 0 Å². The highest BCUT2D eigenvalue weighted by molar-refractivity contribution is 5.81. The van der Waals surface area contributed by atoms with Crippen LogP contribution in [0.25, 0.3) is 0 Å². The lowest BCUT2D eigenvalue weighted by Crippen LogP contribution is -2.38. The van der Waals surface area contributed by atoms with Crippen molar-refractivity contribution in [2.45, 2.75) is 51.2 Å². The Morgan fingerprint density at radius 2 is 2.10 bits per heavy atom. The van der Waals surface area contributed by atoms with Gasteiger partial charge in [0.15, 0.2) is 6.10 Å². The summed E-state index contributed by atoms with van der Waals surface area (Å²) in [7, 11) is 0. The fraction of sp³-hybridized carbons (Fsp3) is 0.588. The number of ether oxygens (including phenoxy) is 1. The number of amides is 1. The predicted molar refractivity (Wildman–Crippen MR) is 80.2 cm³/mol. The highest BCUT2D eigenvalue weighted by atomic mass is 16.5. The van der Waals surface area contributed by atoms with E-state index in [-0.39, 0.29) is 5.91 Å². The number of nitrogens with zero attached hydrogens (tertiary/aromatic N) is 1. The molecule has 1 aliphatic heterocycles. The number of hydrogen-bond donors (Lipinski definition) is 1. The van der Waals surface area contributed by atoms with E-state index >= 15 is 0 Å². The molecular formula is C17H23NO3. The molecule has 1 aliphatic carbocycles. The summed E-state index contributed by atoms with van der Waals surface area (Å²) in [6.45, 7) is 3.49. The van der Waals surface area contributed by atoms with Gasteiger partial charge in [-0.3, -0.25) is 4.79 Å². The van der Waals surface area contributed by atoms with Crippen LogP contribution in [0.4, 0.5) is 0 Å². The summed E-state index contributed by atoms with van der Waals surface area (Å²) in [6.07, 6.45) is 4.14. The Bertz CT molecular complexity index is 523. The zero-order chi connectivity index (χ0) is 14.8. The summed E-state index contributed by atoms with van der Waals surface area (Å²) >= 11 is 0. The van der Waals surface area contributed by atoms with Crippen LogP contribution >= 0.6 is 0 Å². The van der Waals surface area contributed by atoms with Crippen molar-refractivity contribution in [3.63, 3.8) is 0 Å². The lowest BCUT2D eigenvalue weighted by Gasteiger charge is -2.24. The molecule has 1 heterocycles. The molecule has 0 saturated carbocycles. The summed E-state index contributed by atoms with van der Waals surface area (Å²) in [5.41, 5.74) is 2.15. The van der Waals surface area contributed by atoms with Gasteiger partial charge in [0.2, 0.25) is 0 Å². The molecule has 2 aliphatic rings. The van der Waals surface area contributed by atoms with Gasteiger partial charge in [0.1, 0.15) is 5.75 Å². The molecule has 4 heteroatoms. The molecule has 0 aromatic heterocycles. The second kappa shape index (κ2) is 6.06. The maximum Gasteiger partial charge on any atom is 0.263 e. The lowest BCUT2D eigenvalue weighted by molar-refractivity contribution is -0.136. The highest BCUT2D eigenvalue weighted by Crippen LogP contribution is 2.32. The van der Waals surface area contributed by atoms with Crippen LogP contribution in [-0.4, -0.2) is 35.1 Å². The van der Waals surface area contributed by atoms with E-state index in [1.165, 1.54) is 5.56 Å². The minimum Gasteiger partial charge on any atom is -0.481 e. The molecule has 114 valence electrons. The number of carbonyl (C=O) groups excluding carboxylic acids is 1. The van der Waals surface area contributed by atoms with E-state index in [4.69, 9.17) is 4.74 Å². The minimum absolute atomic E-state index is 0.0609. The van der Waals surface area contributed by atoms with Crippen molar-refractivity contribution in [2.75, 3.05) is 13.1 Å². The van der Waals surface area contributed by atoms with E-state index in [1.807, 2.05) is 23.1 Å². The number of hydrogen-bond acceptors (Lipinski definition) is 3. The molecule has 21 heavy (non-hydrogen) atoms. The van der Waals surface area contributed by atoms with E-state index in [0.717, 1.165) is 50.8 Å². The molecule has 3 rings (SSSR count). The topological polar surface area (TPSA) is 49.8 Å². The average Bonchev–Trinajstić information content (AvgIpc) is 3.01. The number of aryl methyl sites for hydroxylation is 1. The summed E-state index contributed by atoms with van der Waals surface area (Å²) in [6, 6.07) is 5.82. The third-order valence-electron chi connectivity index (χ3n) is 4.48. The van der Waals surface area contributed by atoms with Crippen molar-refractivity contribution >= 4 is 5.91 Å². The van der Waals surface area contributed by atoms with Crippen LogP contribution in [0.1, 0.15) is 49.8 Å². The van der Waals surface area contributed by atoms with Gasteiger partial charge >= 0.3 is 0 Å². The van der Waals surface area contributed by atoms with E-state index in [1.54, 1.807) is 6.92 Å². The van der Waals surface area contributed by atoms with Crippen molar-refractivity contribution in [2.24, 2.45) is 0 Å². The van der Waals surface area contributed by atoms with Crippen molar-refractivity contribution in [3.05, 3.63) is 29.3 Å². The van der Waals surface area contributed by atoms with Gasteiger partial charge in [-0.1, -0.05) is 6.07 Å². The molecule has 2 atom stereocenters. The molecule has 1 fully saturated rings. The maximum absolute atomic E-state index is 12.3. The predicted octanol–water partition coefficient (Wildman–Crippen LogP) is 2.45. The molecular weight excluding hydrogens is 266 g/mol. The van der Waals surface area contributed by atoms with Gasteiger partial charge in [0, 0.05) is 13.1 Å². The summed E-state index contributed by atoms with van der Waals surface area (Å²) in [5.74, 6) is 0.737. The van der Waals surface area contributed by atoms with Gasteiger partial charge in [0.25, 0.3) is 5.91 Å². The normalized spacial score (nSPS) is 22.8. The zero-order valence-corrected chi connectivity index (χ0v) is 12.5. The van der Waals surface area contributed by atoms with Gasteiger partial charge < -0.3 is 14.7 Å². The summed E-state index contributed by atoms with van der Waals surface area (Å²) in [5, 5.41) is 10.1. The van der Waals surface area contributed by atoms with Gasteiger partial charge in [-0.15, -0.1) is 0 Å². The van der Waals surface area contributed by atoms with Crippen LogP contribution < -0.4 is 4.74 Å². The number of carbonyl (C=O) groups is 1. The van der Waals surface area contributed by atoms with Crippen LogP contribution in [0.15, 0.2) is 18.2 Å². The fourth-order valence-electron chi connectivity index (χ4n) is 3.27. The quantitative estimate of drug-likeness (QED) is 0.930. The van der Waals surface area contributed by atoms with Crippen LogP contribution in [0.3, 0.4) is 0 Å². The molecule has 1 aromatic rings. The van der Waals surface area contributed by atoms with Crippen LogP contribution in [-0.2, 0) is 11.2 Å². The maximum atomic E-state index is 12.3. The number of rotatable bonds is 3. The molecule has 1 aromatic carbocycles. The van der Waals surface area contributed by atoms with E-state index in [2.05, 4.69) is 0 Å². The summed E-state index contributed by atoms with van der Waals surface area (Å²) in [4.78, 5) is 14.1. The Kier molecular flexibility index (Phi) is 4.15. The largest absolute Gasteiger partial charge is 0.481 e. The molecule has 1 amide bonds. The Morgan fingerprint density at radius 1 is 1.33 bits per heavy atom. The van der Waals surface area contributed by atoms with E-state index in [9.17, 15) is 9.90 Å². The fourth-order valence-corrected chi connectivity index (χ4v) is 3.27. The molecule has 2 unspecified atom stereocenters. The first-order valence-electron chi connectivity index (χ1n) is 7.91. The number of benzene rings is 1. The SMILES string of the molecule is CC(Oc1ccc2c(c1)C(O)CCC2)C(=O)N1CCCC1. The van der Waals surface area contributed by atoms with Gasteiger partial charge in [0.05, 0.1) is 6.10 Å². The second-order valence-corrected chi connectivity index (χ2v) is 6.06. The second-order valence-electron chi connectivity index (χ2n) is 6.06. The van der Waals surface area contributed by atoms with Crippen LogP contribution in [0.2, 0.25) is 0 Å². The van der Waals surface area contributed by atoms with E-state index in [0.29, 0.717) is 5.75 Å². The molecule has 1 saturated heterocycles. The third-order valence-corrected chi connectivity index (χ3v) is 4.48. The Labute approximate surface area is 125 Å². The highest BCUT2D eigenvalue weighted by Gasteiger charge is 2.25. The third kappa shape index (κ3) is 3.05. The van der Waals surface area contributed by atoms with Crippen LogP contribution in [0.5, 0.6) is 5.75 Å². The van der Waals surface area contributed by atoms with E-state index < -0.39 is 12.2 Å². The first-order chi connectivity index (χ1) is 10.1. The number of aliphatic hydroxyl groups excluding tert-OH is 1. The van der Waals surface area contributed by atoms with Crippen molar-refractivity contribution < 1.29 is 14.6 Å². The number of likely N-dealkylation sites (tertiary alicyclic amines) is 1.